The molecule has 2 aromatic rings. The Morgan fingerprint density at radius 2 is 2.25 bits per heavy atom. The van der Waals surface area contributed by atoms with Crippen molar-refractivity contribution in [3.63, 3.8) is 0 Å². The van der Waals surface area contributed by atoms with Crippen LogP contribution in [0.5, 0.6) is 0 Å². The first kappa shape index (κ1) is 19.1. The summed E-state index contributed by atoms with van der Waals surface area (Å²) in [5.74, 6) is 0.129. The van der Waals surface area contributed by atoms with Crippen LogP contribution in [0.1, 0.15) is 16.9 Å². The molecule has 1 aliphatic rings. The molecule has 0 saturated carbocycles. The van der Waals surface area contributed by atoms with E-state index in [1.807, 2.05) is 24.6 Å². The molecule has 0 aliphatic carbocycles. The van der Waals surface area contributed by atoms with Gasteiger partial charge in [-0.1, -0.05) is 6.07 Å². The number of anilines is 2. The number of nitrogen functional groups attached to an aromatic ring is 1. The molecular weight excluding hydrogens is 410 g/mol. The SMILES string of the molecule is CN(Cc1cc(Br)cs1)C(=O)CN1CCCc2c(N)cccc21.Cl. The number of thiophene rings is 1. The normalized spacial score (nSPS) is 13.2. The van der Waals surface area contributed by atoms with E-state index in [0.29, 0.717) is 13.1 Å². The van der Waals surface area contributed by atoms with Crippen LogP contribution < -0.4 is 10.6 Å². The van der Waals surface area contributed by atoms with Crippen molar-refractivity contribution in [2.24, 2.45) is 0 Å². The Morgan fingerprint density at radius 3 is 2.96 bits per heavy atom. The highest BCUT2D eigenvalue weighted by Crippen LogP contribution is 2.31. The number of carbonyl (C=O) groups is 1. The van der Waals surface area contributed by atoms with Crippen LogP contribution in [0, 0.1) is 0 Å². The van der Waals surface area contributed by atoms with Crippen molar-refractivity contribution in [2.75, 3.05) is 30.8 Å². The van der Waals surface area contributed by atoms with Crippen LogP contribution in [-0.4, -0.2) is 30.9 Å². The Bertz CT molecular complexity index is 722. The molecule has 24 heavy (non-hydrogen) atoms. The van der Waals surface area contributed by atoms with Gasteiger partial charge in [-0.3, -0.25) is 4.79 Å². The van der Waals surface area contributed by atoms with Gasteiger partial charge in [0.15, 0.2) is 0 Å². The van der Waals surface area contributed by atoms with Crippen LogP contribution in [-0.2, 0) is 17.8 Å². The molecule has 0 spiro atoms. The molecule has 0 bridgehead atoms. The minimum absolute atomic E-state index is 0. The average Bonchev–Trinajstić information content (AvgIpc) is 2.93. The van der Waals surface area contributed by atoms with E-state index in [2.05, 4.69) is 33.0 Å². The first-order valence-electron chi connectivity index (χ1n) is 7.64. The zero-order chi connectivity index (χ0) is 16.4. The molecule has 7 heteroatoms. The lowest BCUT2D eigenvalue weighted by Crippen LogP contribution is -2.40. The second-order valence-corrected chi connectivity index (χ2v) is 7.76. The molecule has 2 heterocycles. The molecule has 4 nitrogen and oxygen atoms in total. The Kier molecular flexibility index (Phi) is 6.54. The number of nitrogens with two attached hydrogens (primary N) is 1. The second kappa shape index (κ2) is 8.23. The number of carbonyl (C=O) groups excluding carboxylic acids is 1. The van der Waals surface area contributed by atoms with E-state index in [9.17, 15) is 4.79 Å². The van der Waals surface area contributed by atoms with Gasteiger partial charge in [-0.05, 0) is 52.5 Å². The maximum absolute atomic E-state index is 12.6. The summed E-state index contributed by atoms with van der Waals surface area (Å²) in [6.07, 6.45) is 2.03. The van der Waals surface area contributed by atoms with Gasteiger partial charge in [0.25, 0.3) is 0 Å². The van der Waals surface area contributed by atoms with Gasteiger partial charge >= 0.3 is 0 Å². The monoisotopic (exact) mass is 429 g/mol. The number of nitrogens with zero attached hydrogens (tertiary/aromatic N) is 2. The van der Waals surface area contributed by atoms with E-state index in [0.717, 1.165) is 35.2 Å². The third-order valence-corrected chi connectivity index (χ3v) is 5.83. The second-order valence-electron chi connectivity index (χ2n) is 5.85. The van der Waals surface area contributed by atoms with Gasteiger partial charge in [0.05, 0.1) is 13.1 Å². The Labute approximate surface area is 161 Å². The predicted octanol–water partition coefficient (Wildman–Crippen LogP) is 3.93. The number of likely N-dealkylation sites (N-methyl/N-ethyl adjacent to an activating group) is 1. The summed E-state index contributed by atoms with van der Waals surface area (Å²) in [4.78, 5) is 17.7. The summed E-state index contributed by atoms with van der Waals surface area (Å²) in [5, 5.41) is 2.04. The summed E-state index contributed by atoms with van der Waals surface area (Å²) < 4.78 is 1.07. The summed E-state index contributed by atoms with van der Waals surface area (Å²) >= 11 is 5.11. The van der Waals surface area contributed by atoms with Crippen LogP contribution in [0.4, 0.5) is 11.4 Å². The number of hydrogen-bond donors (Lipinski definition) is 1. The first-order valence-corrected chi connectivity index (χ1v) is 9.31. The lowest BCUT2D eigenvalue weighted by molar-refractivity contribution is -0.128. The van der Waals surface area contributed by atoms with E-state index < -0.39 is 0 Å². The molecule has 0 atom stereocenters. The van der Waals surface area contributed by atoms with E-state index >= 15 is 0 Å². The summed E-state index contributed by atoms with van der Waals surface area (Å²) in [7, 11) is 1.86. The molecule has 2 N–H and O–H groups in total. The first-order chi connectivity index (χ1) is 11.0. The zero-order valence-electron chi connectivity index (χ0n) is 13.5. The van der Waals surface area contributed by atoms with E-state index in [1.165, 1.54) is 10.4 Å². The van der Waals surface area contributed by atoms with Crippen LogP contribution in [0.3, 0.4) is 0 Å². The molecular formula is C17H21BrClN3OS. The predicted molar refractivity (Wildman–Crippen MR) is 107 cm³/mol. The Morgan fingerprint density at radius 1 is 1.46 bits per heavy atom. The van der Waals surface area contributed by atoms with Gasteiger partial charge in [-0.15, -0.1) is 23.7 Å². The van der Waals surface area contributed by atoms with Crippen molar-refractivity contribution in [1.82, 2.24) is 4.90 Å². The molecule has 0 unspecified atom stereocenters. The number of hydrogen-bond acceptors (Lipinski definition) is 4. The molecule has 130 valence electrons. The summed E-state index contributed by atoms with van der Waals surface area (Å²) in [6.45, 7) is 1.95. The fraction of sp³-hybridized carbons (Fsp3) is 0.353. The molecule has 3 rings (SSSR count). The van der Waals surface area contributed by atoms with Gasteiger partial charge in [-0.2, -0.15) is 0 Å². The largest absolute Gasteiger partial charge is 0.398 e. The molecule has 1 amide bonds. The molecule has 1 aromatic heterocycles. The molecule has 0 saturated heterocycles. The minimum atomic E-state index is 0. The number of amides is 1. The summed E-state index contributed by atoms with van der Waals surface area (Å²) in [5.41, 5.74) is 9.19. The number of halogens is 2. The smallest absolute Gasteiger partial charge is 0.242 e. The van der Waals surface area contributed by atoms with Crippen LogP contribution in [0.25, 0.3) is 0 Å². The lowest BCUT2D eigenvalue weighted by atomic mass is 10.00. The minimum Gasteiger partial charge on any atom is -0.398 e. The van der Waals surface area contributed by atoms with Gasteiger partial charge in [0, 0.05) is 39.7 Å². The van der Waals surface area contributed by atoms with Crippen molar-refractivity contribution < 1.29 is 4.79 Å². The standard InChI is InChI=1S/C17H20BrN3OS.ClH/c1-20(9-13-8-12(18)11-23-13)17(22)10-21-7-3-4-14-15(19)5-2-6-16(14)21;/h2,5-6,8,11H,3-4,7,9-10,19H2,1H3;1H. The third kappa shape index (κ3) is 4.23. The molecule has 0 fully saturated rings. The number of rotatable bonds is 4. The average molecular weight is 431 g/mol. The van der Waals surface area contributed by atoms with Gasteiger partial charge in [-0.25, -0.2) is 0 Å². The zero-order valence-corrected chi connectivity index (χ0v) is 16.7. The van der Waals surface area contributed by atoms with Gasteiger partial charge < -0.3 is 15.5 Å². The fourth-order valence-electron chi connectivity index (χ4n) is 2.93. The van der Waals surface area contributed by atoms with Crippen LogP contribution in [0.15, 0.2) is 34.1 Å². The number of benzene rings is 1. The van der Waals surface area contributed by atoms with E-state index in [1.54, 1.807) is 16.2 Å². The Balaban J connectivity index is 0.00000208. The molecule has 0 radical (unpaired) electrons. The highest BCUT2D eigenvalue weighted by Gasteiger charge is 2.22. The molecule has 1 aliphatic heterocycles. The fourth-order valence-corrected chi connectivity index (χ4v) is 4.44. The third-order valence-electron chi connectivity index (χ3n) is 4.15. The highest BCUT2D eigenvalue weighted by molar-refractivity contribution is 9.10. The maximum Gasteiger partial charge on any atom is 0.242 e. The van der Waals surface area contributed by atoms with Gasteiger partial charge in [0.1, 0.15) is 0 Å². The van der Waals surface area contributed by atoms with Crippen molar-refractivity contribution in [2.45, 2.75) is 19.4 Å². The topological polar surface area (TPSA) is 49.6 Å². The number of fused-ring (bicyclic) bond motifs is 1. The van der Waals surface area contributed by atoms with Crippen molar-refractivity contribution in [1.29, 1.82) is 0 Å². The van der Waals surface area contributed by atoms with Crippen LogP contribution in [0.2, 0.25) is 0 Å². The quantitative estimate of drug-likeness (QED) is 0.748. The van der Waals surface area contributed by atoms with E-state index in [-0.39, 0.29) is 18.3 Å². The van der Waals surface area contributed by atoms with Crippen LogP contribution >= 0.6 is 39.7 Å². The Hall–Kier alpha value is -1.24. The highest BCUT2D eigenvalue weighted by atomic mass is 79.9. The van der Waals surface area contributed by atoms with Crippen molar-refractivity contribution >= 4 is 57.0 Å². The van der Waals surface area contributed by atoms with Gasteiger partial charge in [0.2, 0.25) is 5.91 Å². The maximum atomic E-state index is 12.6. The van der Waals surface area contributed by atoms with Crippen molar-refractivity contribution in [3.05, 3.63) is 44.6 Å². The summed E-state index contributed by atoms with van der Waals surface area (Å²) in [6, 6.07) is 8.02. The molecule has 1 aromatic carbocycles. The van der Waals surface area contributed by atoms with E-state index in [4.69, 9.17) is 5.73 Å². The van der Waals surface area contributed by atoms with Crippen molar-refractivity contribution in [3.8, 4) is 0 Å². The lowest BCUT2D eigenvalue weighted by Gasteiger charge is -2.32.